The third kappa shape index (κ3) is 7.86. The minimum absolute atomic E-state index is 0.376. The Labute approximate surface area is 116 Å². The molecule has 0 fully saturated rings. The molecule has 0 aromatic heterocycles. The van der Waals surface area contributed by atoms with Gasteiger partial charge in [0, 0.05) is 6.42 Å². The maximum atomic E-state index is 3.75. The topological polar surface area (TPSA) is 0 Å². The molecule has 1 heteroatoms. The van der Waals surface area contributed by atoms with E-state index in [1.54, 1.807) is 0 Å². The highest BCUT2D eigenvalue weighted by Crippen LogP contribution is 2.27. The van der Waals surface area contributed by atoms with Crippen molar-refractivity contribution in [1.82, 2.24) is 0 Å². The van der Waals surface area contributed by atoms with E-state index in [-0.39, 0.29) is 6.15 Å². The molecule has 18 heavy (non-hydrogen) atoms. The van der Waals surface area contributed by atoms with Gasteiger partial charge in [-0.05, 0) is 6.42 Å². The van der Waals surface area contributed by atoms with Crippen LogP contribution in [0.4, 0.5) is 0 Å². The van der Waals surface area contributed by atoms with Crippen LogP contribution >= 0.6 is 0 Å². The zero-order valence-corrected chi connectivity index (χ0v) is 13.4. The van der Waals surface area contributed by atoms with E-state index in [0.717, 1.165) is 6.42 Å². The Morgan fingerprint density at radius 2 is 1.11 bits per heavy atom. The standard InChI is InChI=1S/C17H34B/c1-5-9-13-17-18(14-10-6-2,15-11-7-3)16-12-8-4/h5-12,14-16H2,1-4H3/q-1. The number of hydrogen-bond acceptors (Lipinski definition) is 0. The normalized spacial score (nSPS) is 11.1. The summed E-state index contributed by atoms with van der Waals surface area (Å²) in [6.07, 6.45) is 14.1. The van der Waals surface area contributed by atoms with Crippen molar-refractivity contribution in [3.8, 4) is 11.7 Å². The van der Waals surface area contributed by atoms with Gasteiger partial charge < -0.3 is 5.82 Å². The fourth-order valence-corrected chi connectivity index (χ4v) is 2.85. The predicted molar refractivity (Wildman–Crippen MR) is 87.6 cm³/mol. The van der Waals surface area contributed by atoms with Crippen molar-refractivity contribution in [2.45, 2.75) is 98.0 Å². The minimum atomic E-state index is -0.376. The van der Waals surface area contributed by atoms with Crippen molar-refractivity contribution in [3.63, 3.8) is 0 Å². The second-order valence-electron chi connectivity index (χ2n) is 5.98. The van der Waals surface area contributed by atoms with Crippen LogP contribution in [0.25, 0.3) is 0 Å². The lowest BCUT2D eigenvalue weighted by atomic mass is 9.19. The second kappa shape index (κ2) is 11.7. The first kappa shape index (κ1) is 17.6. The summed E-state index contributed by atoms with van der Waals surface area (Å²) >= 11 is 0. The van der Waals surface area contributed by atoms with Crippen molar-refractivity contribution in [2.24, 2.45) is 0 Å². The molecule has 0 amide bonds. The third-order valence-electron chi connectivity index (χ3n) is 4.11. The molecule has 0 rings (SSSR count). The van der Waals surface area contributed by atoms with E-state index < -0.39 is 0 Å². The highest BCUT2D eigenvalue weighted by atomic mass is 14.0. The maximum Gasteiger partial charge on any atom is 0.0708 e. The Hall–Kier alpha value is -0.375. The van der Waals surface area contributed by atoms with Gasteiger partial charge in [0.2, 0.25) is 0 Å². The highest BCUT2D eigenvalue weighted by Gasteiger charge is 2.20. The van der Waals surface area contributed by atoms with Crippen LogP contribution in [0.5, 0.6) is 0 Å². The lowest BCUT2D eigenvalue weighted by molar-refractivity contribution is 0.801. The molecule has 0 aromatic carbocycles. The first-order valence-corrected chi connectivity index (χ1v) is 8.45. The molecule has 0 unspecified atom stereocenters. The van der Waals surface area contributed by atoms with Crippen molar-refractivity contribution < 1.29 is 0 Å². The summed E-state index contributed by atoms with van der Waals surface area (Å²) in [5, 5.41) is 0. The van der Waals surface area contributed by atoms with Crippen LogP contribution in [0.3, 0.4) is 0 Å². The van der Waals surface area contributed by atoms with Gasteiger partial charge in [0.15, 0.2) is 0 Å². The average molecular weight is 249 g/mol. The molecule has 0 atom stereocenters. The lowest BCUT2D eigenvalue weighted by Gasteiger charge is -2.35. The molecule has 0 radical (unpaired) electrons. The van der Waals surface area contributed by atoms with E-state index in [0.29, 0.717) is 0 Å². The van der Waals surface area contributed by atoms with Gasteiger partial charge >= 0.3 is 0 Å². The molecular weight excluding hydrogens is 215 g/mol. The highest BCUT2D eigenvalue weighted by molar-refractivity contribution is 6.87. The maximum absolute atomic E-state index is 3.75. The van der Waals surface area contributed by atoms with Gasteiger partial charge in [-0.1, -0.05) is 66.2 Å². The summed E-state index contributed by atoms with van der Waals surface area (Å²) in [7, 11) is 0. The molecule has 0 spiro atoms. The number of unbranched alkanes of at least 4 members (excludes halogenated alkanes) is 4. The zero-order valence-electron chi connectivity index (χ0n) is 13.4. The van der Waals surface area contributed by atoms with E-state index >= 15 is 0 Å². The quantitative estimate of drug-likeness (QED) is 0.320. The van der Waals surface area contributed by atoms with E-state index in [1.165, 1.54) is 63.9 Å². The van der Waals surface area contributed by atoms with Gasteiger partial charge in [-0.15, -0.1) is 0 Å². The van der Waals surface area contributed by atoms with Gasteiger partial charge in [0.05, 0.1) is 6.15 Å². The van der Waals surface area contributed by atoms with E-state index in [9.17, 15) is 0 Å². The average Bonchev–Trinajstić information content (AvgIpc) is 2.40. The molecular formula is C17H34B-. The summed E-state index contributed by atoms with van der Waals surface area (Å²) < 4.78 is 0. The number of rotatable bonds is 10. The van der Waals surface area contributed by atoms with Gasteiger partial charge in [0.1, 0.15) is 0 Å². The Bertz CT molecular complexity index is 212. The summed E-state index contributed by atoms with van der Waals surface area (Å²) in [5.41, 5.74) is 0. The van der Waals surface area contributed by atoms with Crippen LogP contribution in [0, 0.1) is 11.7 Å². The lowest BCUT2D eigenvalue weighted by Crippen LogP contribution is -2.32. The summed E-state index contributed by atoms with van der Waals surface area (Å²) in [6, 6.07) is 0. The molecule has 0 aromatic rings. The van der Waals surface area contributed by atoms with Crippen LogP contribution in [0.2, 0.25) is 19.0 Å². The molecule has 0 saturated heterocycles. The molecule has 0 aliphatic rings. The van der Waals surface area contributed by atoms with Crippen molar-refractivity contribution in [3.05, 3.63) is 0 Å². The van der Waals surface area contributed by atoms with Crippen LogP contribution < -0.4 is 0 Å². The fraction of sp³-hybridized carbons (Fsp3) is 0.882. The fourth-order valence-electron chi connectivity index (χ4n) is 2.85. The molecule has 0 bridgehead atoms. The van der Waals surface area contributed by atoms with Crippen LogP contribution in [-0.4, -0.2) is 6.15 Å². The molecule has 0 N–H and O–H groups in total. The Morgan fingerprint density at radius 1 is 0.667 bits per heavy atom. The Balaban J connectivity index is 4.69. The second-order valence-corrected chi connectivity index (χ2v) is 5.98. The van der Waals surface area contributed by atoms with Gasteiger partial charge in [-0.25, -0.2) is 0 Å². The summed E-state index contributed by atoms with van der Waals surface area (Å²) in [6.45, 7) is 9.15. The summed E-state index contributed by atoms with van der Waals surface area (Å²) in [4.78, 5) is 0. The van der Waals surface area contributed by atoms with E-state index in [4.69, 9.17) is 0 Å². The zero-order chi connectivity index (χ0) is 13.7. The van der Waals surface area contributed by atoms with Crippen molar-refractivity contribution >= 4 is 6.15 Å². The molecule has 0 aliphatic carbocycles. The van der Waals surface area contributed by atoms with Crippen LogP contribution in [0.1, 0.15) is 79.1 Å². The van der Waals surface area contributed by atoms with Gasteiger partial charge in [-0.3, -0.25) is 0 Å². The predicted octanol–water partition coefficient (Wildman–Crippen LogP) is 6.18. The first-order valence-electron chi connectivity index (χ1n) is 8.45. The number of hydrogen-bond donors (Lipinski definition) is 0. The molecule has 106 valence electrons. The SMILES string of the molecule is CCCC#C[B-](CCCC)(CCCC)CCCC. The van der Waals surface area contributed by atoms with Crippen molar-refractivity contribution in [2.75, 3.05) is 0 Å². The Morgan fingerprint density at radius 3 is 1.44 bits per heavy atom. The smallest absolute Gasteiger partial charge is 0.0708 e. The molecule has 0 aliphatic heterocycles. The Kier molecular flexibility index (Phi) is 11.5. The molecule has 0 saturated carbocycles. The van der Waals surface area contributed by atoms with Gasteiger partial charge in [-0.2, -0.15) is 24.9 Å². The monoisotopic (exact) mass is 249 g/mol. The molecule has 0 heterocycles. The first-order chi connectivity index (χ1) is 8.74. The van der Waals surface area contributed by atoms with Gasteiger partial charge in [0.25, 0.3) is 0 Å². The summed E-state index contributed by atoms with van der Waals surface area (Å²) in [5.74, 6) is 7.23. The van der Waals surface area contributed by atoms with E-state index in [1.807, 2.05) is 0 Å². The minimum Gasteiger partial charge on any atom is -0.315 e. The van der Waals surface area contributed by atoms with Crippen LogP contribution in [-0.2, 0) is 0 Å². The molecule has 0 nitrogen and oxygen atoms in total. The van der Waals surface area contributed by atoms with E-state index in [2.05, 4.69) is 39.4 Å². The third-order valence-corrected chi connectivity index (χ3v) is 4.11. The van der Waals surface area contributed by atoms with Crippen LogP contribution in [0.15, 0.2) is 0 Å². The largest absolute Gasteiger partial charge is 0.315 e. The van der Waals surface area contributed by atoms with Crippen molar-refractivity contribution in [1.29, 1.82) is 0 Å².